The summed E-state index contributed by atoms with van der Waals surface area (Å²) in [5.74, 6) is 0.163. The van der Waals surface area contributed by atoms with Crippen molar-refractivity contribution in [2.75, 3.05) is 18.4 Å². The van der Waals surface area contributed by atoms with Gasteiger partial charge in [0.1, 0.15) is 0 Å². The molecule has 116 valence electrons. The highest BCUT2D eigenvalue weighted by molar-refractivity contribution is 5.93. The predicted octanol–water partition coefficient (Wildman–Crippen LogP) is 3.14. The van der Waals surface area contributed by atoms with E-state index < -0.39 is 0 Å². The smallest absolute Gasteiger partial charge is 0.219 e. The van der Waals surface area contributed by atoms with Crippen molar-refractivity contribution in [2.24, 2.45) is 0 Å². The topological polar surface area (TPSA) is 45.2 Å². The first-order chi connectivity index (χ1) is 10.6. The Bertz CT molecular complexity index is 711. The van der Waals surface area contributed by atoms with E-state index in [1.54, 1.807) is 6.92 Å². The Labute approximate surface area is 131 Å². The molecule has 0 bridgehead atoms. The maximum atomic E-state index is 11.5. The number of rotatable bonds is 3. The van der Waals surface area contributed by atoms with Gasteiger partial charge in [-0.15, -0.1) is 0 Å². The number of fused-ring (bicyclic) bond motifs is 1. The van der Waals surface area contributed by atoms with E-state index >= 15 is 0 Å². The SMILES string of the molecule is CCc1c(C)nc2ccccc2c1NC1CCN(C(C)=O)C1. The van der Waals surface area contributed by atoms with Crippen LogP contribution in [0.1, 0.15) is 31.5 Å². The van der Waals surface area contributed by atoms with Crippen LogP contribution in [-0.4, -0.2) is 34.9 Å². The second-order valence-corrected chi connectivity index (χ2v) is 6.02. The Morgan fingerprint density at radius 3 is 2.86 bits per heavy atom. The van der Waals surface area contributed by atoms with Crippen LogP contribution in [0.2, 0.25) is 0 Å². The second kappa shape index (κ2) is 5.95. The van der Waals surface area contributed by atoms with Crippen molar-refractivity contribution < 1.29 is 4.79 Å². The monoisotopic (exact) mass is 297 g/mol. The van der Waals surface area contributed by atoms with E-state index in [1.165, 1.54) is 16.6 Å². The lowest BCUT2D eigenvalue weighted by atomic mass is 10.0. The number of carbonyl (C=O) groups excluding carboxylic acids is 1. The highest BCUT2D eigenvalue weighted by Crippen LogP contribution is 2.30. The van der Waals surface area contributed by atoms with Crippen molar-refractivity contribution in [3.8, 4) is 0 Å². The van der Waals surface area contributed by atoms with Gasteiger partial charge in [-0.2, -0.15) is 0 Å². The molecule has 2 aromatic rings. The number of aromatic nitrogens is 1. The van der Waals surface area contributed by atoms with E-state index in [0.717, 1.165) is 37.1 Å². The Hall–Kier alpha value is -2.10. The minimum atomic E-state index is 0.163. The maximum absolute atomic E-state index is 11.5. The van der Waals surface area contributed by atoms with Gasteiger partial charge in [0.15, 0.2) is 0 Å². The minimum Gasteiger partial charge on any atom is -0.380 e. The first kappa shape index (κ1) is 14.8. The number of pyridine rings is 1. The molecule has 1 fully saturated rings. The van der Waals surface area contributed by atoms with Crippen LogP contribution >= 0.6 is 0 Å². The number of hydrogen-bond donors (Lipinski definition) is 1. The number of benzene rings is 1. The fourth-order valence-corrected chi connectivity index (χ4v) is 3.34. The Kier molecular flexibility index (Phi) is 4.01. The second-order valence-electron chi connectivity index (χ2n) is 6.02. The molecule has 1 unspecified atom stereocenters. The van der Waals surface area contributed by atoms with Gasteiger partial charge in [-0.25, -0.2) is 0 Å². The first-order valence-electron chi connectivity index (χ1n) is 8.00. The van der Waals surface area contributed by atoms with E-state index in [-0.39, 0.29) is 5.91 Å². The summed E-state index contributed by atoms with van der Waals surface area (Å²) in [5.41, 5.74) is 4.59. The lowest BCUT2D eigenvalue weighted by Gasteiger charge is -2.21. The molecule has 4 heteroatoms. The van der Waals surface area contributed by atoms with Crippen molar-refractivity contribution in [3.05, 3.63) is 35.5 Å². The van der Waals surface area contributed by atoms with Crippen LogP contribution < -0.4 is 5.32 Å². The van der Waals surface area contributed by atoms with Crippen LogP contribution in [0, 0.1) is 6.92 Å². The molecule has 1 aromatic heterocycles. The first-order valence-corrected chi connectivity index (χ1v) is 8.00. The zero-order valence-corrected chi connectivity index (χ0v) is 13.5. The molecule has 0 spiro atoms. The number of aryl methyl sites for hydroxylation is 1. The van der Waals surface area contributed by atoms with Gasteiger partial charge in [0.05, 0.1) is 5.52 Å². The predicted molar refractivity (Wildman–Crippen MR) is 90.1 cm³/mol. The third kappa shape index (κ3) is 2.65. The zero-order valence-electron chi connectivity index (χ0n) is 13.5. The van der Waals surface area contributed by atoms with Gasteiger partial charge < -0.3 is 10.2 Å². The quantitative estimate of drug-likeness (QED) is 0.946. The largest absolute Gasteiger partial charge is 0.380 e. The molecule has 1 aliphatic heterocycles. The van der Waals surface area contributed by atoms with Crippen LogP contribution in [0.5, 0.6) is 0 Å². The van der Waals surface area contributed by atoms with Crippen molar-refractivity contribution in [3.63, 3.8) is 0 Å². The van der Waals surface area contributed by atoms with Gasteiger partial charge in [0.25, 0.3) is 0 Å². The summed E-state index contributed by atoms with van der Waals surface area (Å²) in [6.45, 7) is 7.52. The standard InChI is InChI=1S/C18H23N3O/c1-4-15-12(2)19-17-8-6-5-7-16(17)18(15)20-14-9-10-21(11-14)13(3)22/h5-8,14H,4,9-11H2,1-3H3,(H,19,20). The van der Waals surface area contributed by atoms with Crippen LogP contribution in [0.3, 0.4) is 0 Å². The molecule has 1 atom stereocenters. The van der Waals surface area contributed by atoms with Gasteiger partial charge >= 0.3 is 0 Å². The van der Waals surface area contributed by atoms with E-state index in [0.29, 0.717) is 6.04 Å². The summed E-state index contributed by atoms with van der Waals surface area (Å²) in [7, 11) is 0. The lowest BCUT2D eigenvalue weighted by Crippen LogP contribution is -2.30. The maximum Gasteiger partial charge on any atom is 0.219 e. The summed E-state index contributed by atoms with van der Waals surface area (Å²) < 4.78 is 0. The van der Waals surface area contributed by atoms with Crippen LogP contribution in [0.15, 0.2) is 24.3 Å². The van der Waals surface area contributed by atoms with Crippen LogP contribution in [-0.2, 0) is 11.2 Å². The van der Waals surface area contributed by atoms with Crippen molar-refractivity contribution in [2.45, 2.75) is 39.7 Å². The molecular formula is C18H23N3O. The number of nitrogens with zero attached hydrogens (tertiary/aromatic N) is 2. The number of hydrogen-bond acceptors (Lipinski definition) is 3. The normalized spacial score (nSPS) is 18.0. The summed E-state index contributed by atoms with van der Waals surface area (Å²) in [6.07, 6.45) is 1.95. The number of para-hydroxylation sites is 1. The Morgan fingerprint density at radius 1 is 1.41 bits per heavy atom. The Morgan fingerprint density at radius 2 is 2.18 bits per heavy atom. The third-order valence-corrected chi connectivity index (χ3v) is 4.54. The average molecular weight is 297 g/mol. The minimum absolute atomic E-state index is 0.163. The molecule has 3 rings (SSSR count). The number of amides is 1. The molecule has 1 N–H and O–H groups in total. The van der Waals surface area contributed by atoms with Crippen molar-refractivity contribution in [1.82, 2.24) is 9.88 Å². The molecular weight excluding hydrogens is 274 g/mol. The lowest BCUT2D eigenvalue weighted by molar-refractivity contribution is -0.127. The number of likely N-dealkylation sites (tertiary alicyclic amines) is 1. The van der Waals surface area contributed by atoms with Gasteiger partial charge in [-0.3, -0.25) is 9.78 Å². The molecule has 1 aromatic carbocycles. The van der Waals surface area contributed by atoms with Gasteiger partial charge in [0.2, 0.25) is 5.91 Å². The van der Waals surface area contributed by atoms with Crippen LogP contribution in [0.4, 0.5) is 5.69 Å². The van der Waals surface area contributed by atoms with E-state index in [1.807, 2.05) is 11.0 Å². The zero-order chi connectivity index (χ0) is 15.7. The van der Waals surface area contributed by atoms with Gasteiger partial charge in [-0.1, -0.05) is 25.1 Å². The number of nitrogens with one attached hydrogen (secondary N) is 1. The summed E-state index contributed by atoms with van der Waals surface area (Å²) in [5, 5.41) is 4.87. The van der Waals surface area contributed by atoms with Gasteiger partial charge in [-0.05, 0) is 31.4 Å². The van der Waals surface area contributed by atoms with E-state index in [9.17, 15) is 4.79 Å². The van der Waals surface area contributed by atoms with E-state index in [2.05, 4.69) is 37.4 Å². The molecule has 22 heavy (non-hydrogen) atoms. The average Bonchev–Trinajstić information content (AvgIpc) is 2.96. The fraction of sp³-hybridized carbons (Fsp3) is 0.444. The summed E-state index contributed by atoms with van der Waals surface area (Å²) >= 11 is 0. The molecule has 2 heterocycles. The molecule has 0 radical (unpaired) electrons. The molecule has 1 amide bonds. The molecule has 0 saturated carbocycles. The molecule has 4 nitrogen and oxygen atoms in total. The summed E-state index contributed by atoms with van der Waals surface area (Å²) in [4.78, 5) is 18.2. The van der Waals surface area contributed by atoms with Crippen molar-refractivity contribution in [1.29, 1.82) is 0 Å². The van der Waals surface area contributed by atoms with Gasteiger partial charge in [0, 0.05) is 42.8 Å². The number of anilines is 1. The Balaban J connectivity index is 1.97. The molecule has 1 aliphatic rings. The van der Waals surface area contributed by atoms with Crippen LogP contribution in [0.25, 0.3) is 10.9 Å². The molecule has 0 aliphatic carbocycles. The highest BCUT2D eigenvalue weighted by atomic mass is 16.2. The molecule has 1 saturated heterocycles. The van der Waals surface area contributed by atoms with E-state index in [4.69, 9.17) is 4.98 Å². The van der Waals surface area contributed by atoms with Crippen molar-refractivity contribution >= 4 is 22.5 Å². The summed E-state index contributed by atoms with van der Waals surface area (Å²) in [6, 6.07) is 8.58. The number of carbonyl (C=O) groups is 1. The third-order valence-electron chi connectivity index (χ3n) is 4.54. The fourth-order valence-electron chi connectivity index (χ4n) is 3.34. The highest BCUT2D eigenvalue weighted by Gasteiger charge is 2.25.